The van der Waals surface area contributed by atoms with Crippen LogP contribution in [0.15, 0.2) is 53.6 Å². The molecule has 1 aliphatic rings. The third-order valence-electron chi connectivity index (χ3n) is 3.68. The van der Waals surface area contributed by atoms with Crippen LogP contribution in [-0.2, 0) is 11.4 Å². The van der Waals surface area contributed by atoms with Gasteiger partial charge in [-0.2, -0.15) is 0 Å². The van der Waals surface area contributed by atoms with Crippen molar-refractivity contribution in [2.24, 2.45) is 5.14 Å². The monoisotopic (exact) mass is 302 g/mol. The zero-order valence-electron chi connectivity index (χ0n) is 11.7. The Balaban J connectivity index is 1.72. The Labute approximate surface area is 127 Å². The Morgan fingerprint density at radius 1 is 0.952 bits per heavy atom. The fourth-order valence-corrected chi connectivity index (χ4v) is 3.22. The molecule has 1 fully saturated rings. The number of anilines is 2. The van der Waals surface area contributed by atoms with Crippen LogP contribution < -0.4 is 14.9 Å². The van der Waals surface area contributed by atoms with Gasteiger partial charge >= 0.3 is 0 Å². The molecule has 0 spiro atoms. The molecule has 1 atom stereocenters. The molecular weight excluding hydrogens is 284 g/mol. The van der Waals surface area contributed by atoms with Gasteiger partial charge in [-0.05, 0) is 24.3 Å². The van der Waals surface area contributed by atoms with E-state index in [9.17, 15) is 4.55 Å². The number of nitrogens with zero attached hydrogens (tertiary/aromatic N) is 3. The highest BCUT2D eigenvalue weighted by molar-refractivity contribution is 7.89. The quantitative estimate of drug-likeness (QED) is 0.868. The number of para-hydroxylation sites is 1. The maximum atomic E-state index is 11.6. The molecule has 110 valence electrons. The van der Waals surface area contributed by atoms with Crippen molar-refractivity contribution in [1.29, 1.82) is 0 Å². The van der Waals surface area contributed by atoms with Gasteiger partial charge in [0.2, 0.25) is 0 Å². The third-order valence-corrected chi connectivity index (χ3v) is 4.45. The van der Waals surface area contributed by atoms with Crippen molar-refractivity contribution in [3.63, 3.8) is 0 Å². The van der Waals surface area contributed by atoms with E-state index in [1.54, 1.807) is 0 Å². The van der Waals surface area contributed by atoms with Gasteiger partial charge in [0.1, 0.15) is 5.82 Å². The van der Waals surface area contributed by atoms with Crippen LogP contribution in [0.25, 0.3) is 0 Å². The molecule has 3 rings (SSSR count). The van der Waals surface area contributed by atoms with Crippen LogP contribution >= 0.6 is 0 Å². The van der Waals surface area contributed by atoms with Crippen LogP contribution in [0.1, 0.15) is 0 Å². The average molecular weight is 302 g/mol. The standard InChI is InChI=1S/C15H18N4OS/c16-21(20)14-6-2-1-5-13(14)18-9-11-19(12-10-18)15-7-3-4-8-17-15/h1-8H,9-12,16H2. The molecule has 2 heterocycles. The van der Waals surface area contributed by atoms with Gasteiger partial charge in [-0.15, -0.1) is 5.14 Å². The van der Waals surface area contributed by atoms with E-state index < -0.39 is 11.4 Å². The molecule has 1 saturated heterocycles. The van der Waals surface area contributed by atoms with E-state index in [1.807, 2.05) is 48.7 Å². The van der Waals surface area contributed by atoms with Crippen molar-refractivity contribution < 1.29 is 4.55 Å². The van der Waals surface area contributed by atoms with Gasteiger partial charge in [0.15, 0.2) is 4.90 Å². The van der Waals surface area contributed by atoms with Crippen LogP contribution in [0.2, 0.25) is 0 Å². The second-order valence-electron chi connectivity index (χ2n) is 4.93. The highest BCUT2D eigenvalue weighted by Crippen LogP contribution is 2.25. The van der Waals surface area contributed by atoms with E-state index in [0.29, 0.717) is 4.90 Å². The molecular formula is C15H18N4OS. The van der Waals surface area contributed by atoms with Gasteiger partial charge in [-0.3, -0.25) is 0 Å². The van der Waals surface area contributed by atoms with Crippen LogP contribution in [0, 0.1) is 0 Å². The molecule has 1 unspecified atom stereocenters. The van der Waals surface area contributed by atoms with Crippen LogP contribution in [0.4, 0.5) is 11.5 Å². The number of nitrogens with two attached hydrogens (primary N) is 1. The Bertz CT molecular complexity index is 585. The van der Waals surface area contributed by atoms with Gasteiger partial charge in [0.05, 0.1) is 17.0 Å². The van der Waals surface area contributed by atoms with Crippen molar-refractivity contribution >= 4 is 22.9 Å². The molecule has 1 aliphatic heterocycles. The minimum Gasteiger partial charge on any atom is -0.593 e. The van der Waals surface area contributed by atoms with Gasteiger partial charge in [-0.25, -0.2) is 4.98 Å². The number of aromatic nitrogens is 1. The lowest BCUT2D eigenvalue weighted by Crippen LogP contribution is -2.47. The summed E-state index contributed by atoms with van der Waals surface area (Å²) in [6.07, 6.45) is 1.81. The molecule has 1 aromatic carbocycles. The molecule has 0 saturated carbocycles. The van der Waals surface area contributed by atoms with E-state index >= 15 is 0 Å². The molecule has 21 heavy (non-hydrogen) atoms. The summed E-state index contributed by atoms with van der Waals surface area (Å²) in [6, 6.07) is 13.6. The Kier molecular flexibility index (Phi) is 4.28. The zero-order valence-corrected chi connectivity index (χ0v) is 12.5. The number of hydrogen-bond donors (Lipinski definition) is 1. The maximum absolute atomic E-state index is 11.6. The SMILES string of the molecule is N[S+]([O-])c1ccccc1N1CCN(c2ccccn2)CC1. The molecule has 1 aromatic heterocycles. The number of benzene rings is 1. The molecule has 0 aliphatic carbocycles. The van der Waals surface area contributed by atoms with E-state index in [2.05, 4.69) is 14.8 Å². The van der Waals surface area contributed by atoms with E-state index in [1.165, 1.54) is 0 Å². The van der Waals surface area contributed by atoms with Crippen LogP contribution in [0.3, 0.4) is 0 Å². The van der Waals surface area contributed by atoms with Crippen molar-refractivity contribution in [1.82, 2.24) is 4.98 Å². The number of rotatable bonds is 3. The molecule has 0 radical (unpaired) electrons. The summed E-state index contributed by atoms with van der Waals surface area (Å²) >= 11 is -1.45. The lowest BCUT2D eigenvalue weighted by molar-refractivity contribution is 0.594. The third kappa shape index (κ3) is 3.12. The molecule has 6 heteroatoms. The summed E-state index contributed by atoms with van der Waals surface area (Å²) in [5, 5.41) is 5.56. The van der Waals surface area contributed by atoms with E-state index in [-0.39, 0.29) is 0 Å². The van der Waals surface area contributed by atoms with E-state index in [4.69, 9.17) is 5.14 Å². The predicted molar refractivity (Wildman–Crippen MR) is 85.7 cm³/mol. The van der Waals surface area contributed by atoms with Crippen molar-refractivity contribution in [3.8, 4) is 0 Å². The normalized spacial score (nSPS) is 16.9. The summed E-state index contributed by atoms with van der Waals surface area (Å²) in [5.74, 6) is 1.01. The first-order valence-electron chi connectivity index (χ1n) is 6.92. The first kappa shape index (κ1) is 14.2. The number of pyridine rings is 1. The van der Waals surface area contributed by atoms with Crippen molar-refractivity contribution in [3.05, 3.63) is 48.7 Å². The number of piperazine rings is 1. The Hall–Kier alpha value is -1.76. The Morgan fingerprint density at radius 2 is 1.62 bits per heavy atom. The Morgan fingerprint density at radius 3 is 2.29 bits per heavy atom. The van der Waals surface area contributed by atoms with E-state index in [0.717, 1.165) is 37.7 Å². The summed E-state index contributed by atoms with van der Waals surface area (Å²) in [7, 11) is 0. The lowest BCUT2D eigenvalue weighted by Gasteiger charge is -2.36. The first-order chi connectivity index (χ1) is 10.3. The lowest BCUT2D eigenvalue weighted by atomic mass is 10.2. The highest BCUT2D eigenvalue weighted by Gasteiger charge is 2.23. The second-order valence-corrected chi connectivity index (χ2v) is 5.96. The number of hydrogen-bond acceptors (Lipinski definition) is 5. The van der Waals surface area contributed by atoms with Gasteiger partial charge < -0.3 is 14.4 Å². The van der Waals surface area contributed by atoms with Crippen LogP contribution in [0.5, 0.6) is 0 Å². The van der Waals surface area contributed by atoms with Crippen molar-refractivity contribution in [2.75, 3.05) is 36.0 Å². The predicted octanol–water partition coefficient (Wildman–Crippen LogP) is 1.39. The zero-order chi connectivity index (χ0) is 14.7. The van der Waals surface area contributed by atoms with Gasteiger partial charge in [0.25, 0.3) is 0 Å². The largest absolute Gasteiger partial charge is 0.593 e. The summed E-state index contributed by atoms with van der Waals surface area (Å²) in [5.41, 5.74) is 0.971. The summed E-state index contributed by atoms with van der Waals surface area (Å²) in [6.45, 7) is 3.51. The fourth-order valence-electron chi connectivity index (χ4n) is 2.61. The molecule has 2 aromatic rings. The molecule has 0 bridgehead atoms. The smallest absolute Gasteiger partial charge is 0.196 e. The van der Waals surface area contributed by atoms with Crippen molar-refractivity contribution in [2.45, 2.75) is 4.90 Å². The van der Waals surface area contributed by atoms with Gasteiger partial charge in [-0.1, -0.05) is 18.2 Å². The topological polar surface area (TPSA) is 68.5 Å². The minimum absolute atomic E-state index is 0.698. The molecule has 5 nitrogen and oxygen atoms in total. The molecule has 2 N–H and O–H groups in total. The van der Waals surface area contributed by atoms with Crippen LogP contribution in [-0.4, -0.2) is 35.7 Å². The summed E-state index contributed by atoms with van der Waals surface area (Å²) in [4.78, 5) is 9.58. The molecule has 0 amide bonds. The first-order valence-corrected chi connectivity index (χ1v) is 8.13. The highest BCUT2D eigenvalue weighted by atomic mass is 32.2. The average Bonchev–Trinajstić information content (AvgIpc) is 2.56. The van der Waals surface area contributed by atoms with Gasteiger partial charge in [0, 0.05) is 32.4 Å². The maximum Gasteiger partial charge on any atom is 0.196 e. The minimum atomic E-state index is -1.45. The second kappa shape index (κ2) is 6.34. The summed E-state index contributed by atoms with van der Waals surface area (Å²) < 4.78 is 11.6. The fraction of sp³-hybridized carbons (Fsp3) is 0.267.